The van der Waals surface area contributed by atoms with Crippen LogP contribution in [0.1, 0.15) is 21.5 Å². The molecule has 7 heteroatoms. The number of nitrogens with one attached hydrogen (secondary N) is 2. The van der Waals surface area contributed by atoms with Crippen LogP contribution in [0.5, 0.6) is 0 Å². The van der Waals surface area contributed by atoms with E-state index in [4.69, 9.17) is 0 Å². The molecule has 2 N–H and O–H groups in total. The number of anilines is 1. The summed E-state index contributed by atoms with van der Waals surface area (Å²) in [6.07, 6.45) is 2.00. The zero-order valence-electron chi connectivity index (χ0n) is 15.9. The lowest BCUT2D eigenvalue weighted by Crippen LogP contribution is -2.23. The highest BCUT2D eigenvalue weighted by Crippen LogP contribution is 2.24. The lowest BCUT2D eigenvalue weighted by Gasteiger charge is -2.08. The van der Waals surface area contributed by atoms with E-state index in [1.807, 2.05) is 24.3 Å². The Labute approximate surface area is 171 Å². The largest absolute Gasteiger partial charge is 0.348 e. The lowest BCUT2D eigenvalue weighted by atomic mass is 10.1. The predicted octanol–water partition coefficient (Wildman–Crippen LogP) is 3.59. The van der Waals surface area contributed by atoms with Crippen LogP contribution in [0.2, 0.25) is 0 Å². The van der Waals surface area contributed by atoms with Crippen molar-refractivity contribution in [1.82, 2.24) is 15.1 Å². The van der Waals surface area contributed by atoms with E-state index in [2.05, 4.69) is 15.7 Å². The van der Waals surface area contributed by atoms with Crippen LogP contribution >= 0.6 is 0 Å². The van der Waals surface area contributed by atoms with Gasteiger partial charge in [-0.05, 0) is 53.6 Å². The van der Waals surface area contributed by atoms with Crippen molar-refractivity contribution in [3.8, 4) is 5.69 Å². The second-order valence-corrected chi connectivity index (χ2v) is 7.17. The van der Waals surface area contributed by atoms with Gasteiger partial charge in [-0.15, -0.1) is 0 Å². The van der Waals surface area contributed by atoms with E-state index in [0.29, 0.717) is 29.6 Å². The number of hydrogen-bond donors (Lipinski definition) is 2. The van der Waals surface area contributed by atoms with Gasteiger partial charge in [0.25, 0.3) is 5.91 Å². The number of halogens is 1. The van der Waals surface area contributed by atoms with E-state index < -0.39 is 0 Å². The molecule has 1 aliphatic heterocycles. The first kappa shape index (κ1) is 18.1. The predicted molar refractivity (Wildman–Crippen MR) is 111 cm³/mol. The van der Waals surface area contributed by atoms with Crippen molar-refractivity contribution in [3.63, 3.8) is 0 Å². The monoisotopic (exact) mass is 400 g/mol. The van der Waals surface area contributed by atoms with Gasteiger partial charge in [0.05, 0.1) is 29.4 Å². The van der Waals surface area contributed by atoms with Crippen molar-refractivity contribution in [3.05, 3.63) is 89.4 Å². The summed E-state index contributed by atoms with van der Waals surface area (Å²) in [5, 5.41) is 10.8. The molecule has 0 spiro atoms. The lowest BCUT2D eigenvalue weighted by molar-refractivity contribution is -0.115. The third-order valence-corrected chi connectivity index (χ3v) is 5.18. The standard InChI is InChI=1S/C23H17FN4O2/c24-16-5-7-17(8-6-16)28-21-3-1-2-18(19(21)13-26-28)23(30)25-12-14-4-9-20-15(10-14)11-22(29)27-20/h1-10,13H,11-12H2,(H,25,30)(H,27,29). The van der Waals surface area contributed by atoms with E-state index in [1.54, 1.807) is 35.1 Å². The number of hydrogen-bond acceptors (Lipinski definition) is 3. The molecule has 3 aromatic carbocycles. The third kappa shape index (κ3) is 3.20. The second kappa shape index (κ2) is 7.11. The molecule has 0 fully saturated rings. The highest BCUT2D eigenvalue weighted by molar-refractivity contribution is 6.06. The fraction of sp³-hybridized carbons (Fsp3) is 0.0870. The van der Waals surface area contributed by atoms with Crippen LogP contribution < -0.4 is 10.6 Å². The van der Waals surface area contributed by atoms with Crippen LogP contribution in [0, 0.1) is 5.82 Å². The van der Waals surface area contributed by atoms with Crippen molar-refractivity contribution in [2.45, 2.75) is 13.0 Å². The van der Waals surface area contributed by atoms with Crippen molar-refractivity contribution in [2.75, 3.05) is 5.32 Å². The highest BCUT2D eigenvalue weighted by atomic mass is 19.1. The molecule has 0 atom stereocenters. The van der Waals surface area contributed by atoms with Crippen molar-refractivity contribution >= 4 is 28.4 Å². The summed E-state index contributed by atoms with van der Waals surface area (Å²) in [6.45, 7) is 0.350. The van der Waals surface area contributed by atoms with Crippen LogP contribution in [-0.2, 0) is 17.8 Å². The van der Waals surface area contributed by atoms with Gasteiger partial charge in [-0.1, -0.05) is 18.2 Å². The molecule has 6 nitrogen and oxygen atoms in total. The Morgan fingerprint density at radius 2 is 1.97 bits per heavy atom. The molecule has 2 amide bonds. The van der Waals surface area contributed by atoms with Gasteiger partial charge < -0.3 is 10.6 Å². The summed E-state index contributed by atoms with van der Waals surface area (Å²) in [4.78, 5) is 24.3. The molecule has 5 rings (SSSR count). The van der Waals surface area contributed by atoms with Crippen molar-refractivity contribution in [2.24, 2.45) is 0 Å². The van der Waals surface area contributed by atoms with E-state index in [0.717, 1.165) is 22.3 Å². The fourth-order valence-corrected chi connectivity index (χ4v) is 3.71. The summed E-state index contributed by atoms with van der Waals surface area (Å²) in [6, 6.07) is 17.1. The molecule has 0 saturated heterocycles. The van der Waals surface area contributed by atoms with Crippen molar-refractivity contribution < 1.29 is 14.0 Å². The SMILES string of the molecule is O=C1Cc2cc(CNC(=O)c3cccc4c3cnn4-c3ccc(F)cc3)ccc2N1. The van der Waals surface area contributed by atoms with Crippen LogP contribution in [0.25, 0.3) is 16.6 Å². The molecule has 1 aromatic heterocycles. The maximum atomic E-state index is 13.2. The number of carbonyl (C=O) groups is 2. The zero-order chi connectivity index (χ0) is 20.7. The molecular formula is C23H17FN4O2. The van der Waals surface area contributed by atoms with Crippen LogP contribution in [0.3, 0.4) is 0 Å². The summed E-state index contributed by atoms with van der Waals surface area (Å²) >= 11 is 0. The number of amides is 2. The Hall–Kier alpha value is -4.00. The molecule has 0 radical (unpaired) electrons. The van der Waals surface area contributed by atoms with Gasteiger partial charge in [0.15, 0.2) is 0 Å². The van der Waals surface area contributed by atoms with Crippen LogP contribution in [0.4, 0.5) is 10.1 Å². The zero-order valence-corrected chi connectivity index (χ0v) is 15.9. The molecule has 0 unspecified atom stereocenters. The van der Waals surface area contributed by atoms with Gasteiger partial charge in [0, 0.05) is 17.6 Å². The normalized spacial score (nSPS) is 12.6. The number of fused-ring (bicyclic) bond motifs is 2. The van der Waals surface area contributed by atoms with Gasteiger partial charge in [0.1, 0.15) is 5.82 Å². The Morgan fingerprint density at radius 1 is 1.13 bits per heavy atom. The maximum Gasteiger partial charge on any atom is 0.252 e. The van der Waals surface area contributed by atoms with Gasteiger partial charge in [-0.25, -0.2) is 9.07 Å². The summed E-state index contributed by atoms with van der Waals surface area (Å²) in [5.41, 5.74) is 4.68. The smallest absolute Gasteiger partial charge is 0.252 e. The number of benzene rings is 3. The van der Waals surface area contributed by atoms with Gasteiger partial charge >= 0.3 is 0 Å². The quantitative estimate of drug-likeness (QED) is 0.550. The Morgan fingerprint density at radius 3 is 2.80 bits per heavy atom. The van der Waals surface area contributed by atoms with Crippen LogP contribution in [0.15, 0.2) is 66.9 Å². The van der Waals surface area contributed by atoms with E-state index in [-0.39, 0.29) is 17.6 Å². The Bertz CT molecular complexity index is 1290. The molecule has 0 aliphatic carbocycles. The molecule has 0 saturated carbocycles. The number of aromatic nitrogens is 2. The number of carbonyl (C=O) groups excluding carboxylic acids is 2. The molecule has 30 heavy (non-hydrogen) atoms. The van der Waals surface area contributed by atoms with Crippen molar-refractivity contribution in [1.29, 1.82) is 0 Å². The fourth-order valence-electron chi connectivity index (χ4n) is 3.71. The van der Waals surface area contributed by atoms with E-state index >= 15 is 0 Å². The molecule has 148 valence electrons. The average Bonchev–Trinajstić information content (AvgIpc) is 3.34. The second-order valence-electron chi connectivity index (χ2n) is 7.17. The summed E-state index contributed by atoms with van der Waals surface area (Å²) in [7, 11) is 0. The van der Waals surface area contributed by atoms with Gasteiger partial charge in [-0.2, -0.15) is 5.10 Å². The molecule has 0 bridgehead atoms. The molecule has 2 heterocycles. The number of rotatable bonds is 4. The minimum absolute atomic E-state index is 0.0176. The highest BCUT2D eigenvalue weighted by Gasteiger charge is 2.18. The summed E-state index contributed by atoms with van der Waals surface area (Å²) < 4.78 is 14.9. The molecular weight excluding hydrogens is 383 g/mol. The number of nitrogens with zero attached hydrogens (tertiary/aromatic N) is 2. The molecule has 1 aliphatic rings. The summed E-state index contributed by atoms with van der Waals surface area (Å²) in [5.74, 6) is -0.549. The minimum atomic E-state index is -0.318. The average molecular weight is 400 g/mol. The van der Waals surface area contributed by atoms with E-state index in [1.165, 1.54) is 12.1 Å². The molecule has 4 aromatic rings. The third-order valence-electron chi connectivity index (χ3n) is 5.18. The first-order valence-electron chi connectivity index (χ1n) is 9.51. The topological polar surface area (TPSA) is 76.0 Å². The minimum Gasteiger partial charge on any atom is -0.348 e. The van der Waals surface area contributed by atoms with E-state index in [9.17, 15) is 14.0 Å². The Balaban J connectivity index is 1.38. The Kier molecular flexibility index (Phi) is 4.28. The van der Waals surface area contributed by atoms with Crippen LogP contribution in [-0.4, -0.2) is 21.6 Å². The first-order chi connectivity index (χ1) is 14.6. The first-order valence-corrected chi connectivity index (χ1v) is 9.51. The maximum absolute atomic E-state index is 13.2. The van der Waals surface area contributed by atoms with Gasteiger partial charge in [-0.3, -0.25) is 9.59 Å². The van der Waals surface area contributed by atoms with Gasteiger partial charge in [0.2, 0.25) is 5.91 Å².